The summed E-state index contributed by atoms with van der Waals surface area (Å²) in [6, 6.07) is 4.23. The number of hydrogen-bond donors (Lipinski definition) is 0. The fourth-order valence-electron chi connectivity index (χ4n) is 1.40. The van der Waals surface area contributed by atoms with Crippen LogP contribution in [-0.2, 0) is 0 Å². The molecule has 0 bridgehead atoms. The van der Waals surface area contributed by atoms with E-state index in [0.717, 1.165) is 0 Å². The first-order valence-corrected chi connectivity index (χ1v) is 4.87. The maximum absolute atomic E-state index is 3.53. The Hall–Kier alpha value is -0.560. The summed E-state index contributed by atoms with van der Waals surface area (Å²) in [4.78, 5) is 0. The van der Waals surface area contributed by atoms with Gasteiger partial charge in [0.2, 0.25) is 0 Å². The quantitative estimate of drug-likeness (QED) is 0.635. The molecule has 1 aromatic rings. The van der Waals surface area contributed by atoms with Crippen molar-refractivity contribution < 1.29 is 0 Å². The van der Waals surface area contributed by atoms with E-state index < -0.39 is 0 Å². The zero-order valence-electron chi connectivity index (χ0n) is 7.69. The summed E-state index contributed by atoms with van der Waals surface area (Å²) >= 11 is 3.53. The second kappa shape index (κ2) is 3.90. The second-order valence-corrected chi connectivity index (χ2v) is 3.62. The van der Waals surface area contributed by atoms with Crippen LogP contribution in [0, 0.1) is 6.92 Å². The Kier molecular flexibility index (Phi) is 3.10. The van der Waals surface area contributed by atoms with Gasteiger partial charge in [0.25, 0.3) is 0 Å². The third-order valence-electron chi connectivity index (χ3n) is 2.03. The molecule has 0 spiro atoms. The molecular weight excluding hydrogens is 212 g/mol. The molecule has 0 atom stereocenters. The van der Waals surface area contributed by atoms with Gasteiger partial charge >= 0.3 is 0 Å². The lowest BCUT2D eigenvalue weighted by molar-refractivity contribution is 1.34. The highest BCUT2D eigenvalue weighted by Gasteiger charge is 1.93. The van der Waals surface area contributed by atoms with Crippen LogP contribution < -0.4 is 10.4 Å². The van der Waals surface area contributed by atoms with E-state index in [2.05, 4.69) is 61.0 Å². The molecule has 0 fully saturated rings. The first-order valence-electron chi connectivity index (χ1n) is 4.08. The lowest BCUT2D eigenvalue weighted by atomic mass is 10.1. The molecular formula is C11H13Br. The number of hydrogen-bond acceptors (Lipinski definition) is 0. The molecule has 0 aliphatic carbocycles. The number of aryl methyl sites for hydroxylation is 1. The third-order valence-corrected chi connectivity index (χ3v) is 2.72. The van der Waals surface area contributed by atoms with Gasteiger partial charge in [0.1, 0.15) is 0 Å². The van der Waals surface area contributed by atoms with Crippen LogP contribution in [0.4, 0.5) is 0 Å². The second-order valence-electron chi connectivity index (χ2n) is 2.77. The molecule has 0 radical (unpaired) electrons. The summed E-state index contributed by atoms with van der Waals surface area (Å²) in [7, 11) is 0. The zero-order chi connectivity index (χ0) is 9.14. The summed E-state index contributed by atoms with van der Waals surface area (Å²) in [6.07, 6.45) is 4.28. The molecule has 64 valence electrons. The topological polar surface area (TPSA) is 0 Å². The van der Waals surface area contributed by atoms with Gasteiger partial charge in [-0.15, -0.1) is 0 Å². The molecule has 0 N–H and O–H groups in total. The Morgan fingerprint density at radius 1 is 1.08 bits per heavy atom. The Labute approximate surface area is 81.7 Å². The fourth-order valence-corrected chi connectivity index (χ4v) is 1.97. The van der Waals surface area contributed by atoms with Crippen LogP contribution in [0.3, 0.4) is 0 Å². The standard InChI is InChI=1S/C11H13Br/c1-4-9-8(3)6-7-11(12)10(9)5-2/h4-7H,1-3H3/b9-4-,10-5+. The highest BCUT2D eigenvalue weighted by Crippen LogP contribution is 2.00. The fraction of sp³-hybridized carbons (Fsp3) is 0.273. The normalized spacial score (nSPS) is 14.0. The zero-order valence-corrected chi connectivity index (χ0v) is 9.27. The molecule has 0 nitrogen and oxygen atoms in total. The molecule has 1 heteroatoms. The van der Waals surface area contributed by atoms with Crippen molar-refractivity contribution in [3.05, 3.63) is 32.6 Å². The number of rotatable bonds is 0. The van der Waals surface area contributed by atoms with E-state index >= 15 is 0 Å². The summed E-state index contributed by atoms with van der Waals surface area (Å²) in [5.41, 5.74) is 1.33. The van der Waals surface area contributed by atoms with Crippen LogP contribution in [0.15, 0.2) is 16.6 Å². The van der Waals surface area contributed by atoms with Crippen molar-refractivity contribution in [1.29, 1.82) is 0 Å². The van der Waals surface area contributed by atoms with E-state index in [1.54, 1.807) is 0 Å². The highest BCUT2D eigenvalue weighted by atomic mass is 79.9. The molecule has 0 saturated carbocycles. The van der Waals surface area contributed by atoms with Crippen LogP contribution in [0.1, 0.15) is 19.4 Å². The summed E-state index contributed by atoms with van der Waals surface area (Å²) < 4.78 is 1.17. The van der Waals surface area contributed by atoms with Crippen molar-refractivity contribution in [2.45, 2.75) is 20.8 Å². The average Bonchev–Trinajstić information content (AvgIpc) is 2.08. The van der Waals surface area contributed by atoms with Gasteiger partial charge in [-0.05, 0) is 42.8 Å². The lowest BCUT2D eigenvalue weighted by Crippen LogP contribution is -2.27. The molecule has 0 saturated heterocycles. The van der Waals surface area contributed by atoms with Crippen molar-refractivity contribution in [3.63, 3.8) is 0 Å². The number of halogens is 1. The Morgan fingerprint density at radius 3 is 2.08 bits per heavy atom. The van der Waals surface area contributed by atoms with Crippen molar-refractivity contribution in [1.82, 2.24) is 0 Å². The Morgan fingerprint density at radius 2 is 1.67 bits per heavy atom. The van der Waals surface area contributed by atoms with Crippen LogP contribution >= 0.6 is 15.9 Å². The van der Waals surface area contributed by atoms with E-state index in [4.69, 9.17) is 0 Å². The Bertz CT molecular complexity index is 349. The summed E-state index contributed by atoms with van der Waals surface area (Å²) in [5, 5.41) is 2.62. The summed E-state index contributed by atoms with van der Waals surface area (Å²) in [6.45, 7) is 6.27. The molecule has 0 amide bonds. The van der Waals surface area contributed by atoms with Gasteiger partial charge in [0.15, 0.2) is 0 Å². The SMILES string of the molecule is C/C=c1/c(C)ccc(Br)/c1=C/C. The molecule has 0 aromatic heterocycles. The maximum Gasteiger partial charge on any atom is 0.0250 e. The number of benzene rings is 1. The van der Waals surface area contributed by atoms with Gasteiger partial charge < -0.3 is 0 Å². The predicted octanol–water partition coefficient (Wildman–Crippen LogP) is 2.36. The van der Waals surface area contributed by atoms with Crippen molar-refractivity contribution in [2.75, 3.05) is 0 Å². The van der Waals surface area contributed by atoms with Crippen molar-refractivity contribution in [3.8, 4) is 0 Å². The maximum atomic E-state index is 3.53. The van der Waals surface area contributed by atoms with Crippen LogP contribution in [-0.4, -0.2) is 0 Å². The molecule has 1 aromatic carbocycles. The minimum absolute atomic E-state index is 1.17. The van der Waals surface area contributed by atoms with Crippen molar-refractivity contribution >= 4 is 28.1 Å². The monoisotopic (exact) mass is 224 g/mol. The van der Waals surface area contributed by atoms with E-state index in [1.165, 1.54) is 20.5 Å². The average molecular weight is 225 g/mol. The van der Waals surface area contributed by atoms with E-state index in [9.17, 15) is 0 Å². The van der Waals surface area contributed by atoms with Gasteiger partial charge in [-0.2, -0.15) is 0 Å². The molecule has 1 rings (SSSR count). The lowest BCUT2D eigenvalue weighted by Gasteiger charge is -1.98. The Balaban J connectivity index is 3.76. The van der Waals surface area contributed by atoms with Gasteiger partial charge in [0, 0.05) is 4.47 Å². The van der Waals surface area contributed by atoms with Crippen molar-refractivity contribution in [2.24, 2.45) is 0 Å². The molecule has 0 aliphatic heterocycles. The predicted molar refractivity (Wildman–Crippen MR) is 58.4 cm³/mol. The third kappa shape index (κ3) is 1.61. The van der Waals surface area contributed by atoms with E-state index in [-0.39, 0.29) is 0 Å². The summed E-state index contributed by atoms with van der Waals surface area (Å²) in [5.74, 6) is 0. The van der Waals surface area contributed by atoms with Crippen LogP contribution in [0.2, 0.25) is 0 Å². The van der Waals surface area contributed by atoms with Gasteiger partial charge in [-0.1, -0.05) is 34.1 Å². The minimum Gasteiger partial charge on any atom is -0.0795 e. The molecule has 12 heavy (non-hydrogen) atoms. The molecule has 0 unspecified atom stereocenters. The first-order chi connectivity index (χ1) is 5.70. The first kappa shape index (κ1) is 9.53. The van der Waals surface area contributed by atoms with Gasteiger partial charge in [-0.3, -0.25) is 0 Å². The minimum atomic E-state index is 1.17. The highest BCUT2D eigenvalue weighted by molar-refractivity contribution is 9.10. The van der Waals surface area contributed by atoms with Gasteiger partial charge in [0.05, 0.1) is 0 Å². The molecule has 0 aliphatic rings. The van der Waals surface area contributed by atoms with Gasteiger partial charge in [-0.25, -0.2) is 0 Å². The largest absolute Gasteiger partial charge is 0.0795 e. The van der Waals surface area contributed by atoms with Crippen LogP contribution in [0.5, 0.6) is 0 Å². The van der Waals surface area contributed by atoms with E-state index in [1.807, 2.05) is 0 Å². The molecule has 0 heterocycles. The smallest absolute Gasteiger partial charge is 0.0250 e. The van der Waals surface area contributed by atoms with Crippen LogP contribution in [0.25, 0.3) is 12.2 Å². The van der Waals surface area contributed by atoms with E-state index in [0.29, 0.717) is 0 Å².